The first-order chi connectivity index (χ1) is 8.33. The zero-order valence-corrected chi connectivity index (χ0v) is 9.85. The van der Waals surface area contributed by atoms with Crippen molar-refractivity contribution in [3.63, 3.8) is 0 Å². The molecule has 2 nitrogen and oxygen atoms in total. The molecule has 2 heteroatoms. The molecule has 0 aliphatic rings. The molecule has 0 radical (unpaired) electrons. The van der Waals surface area contributed by atoms with E-state index in [-0.39, 0.29) is 0 Å². The van der Waals surface area contributed by atoms with Crippen LogP contribution < -0.4 is 0 Å². The Labute approximate surface area is 101 Å². The third-order valence-electron chi connectivity index (χ3n) is 2.76. The van der Waals surface area contributed by atoms with Crippen molar-refractivity contribution >= 4 is 10.9 Å². The Hall–Kier alpha value is -1.85. The Morgan fingerprint density at radius 3 is 2.94 bits per heavy atom. The fourth-order valence-electron chi connectivity index (χ4n) is 1.90. The minimum atomic E-state index is -0.469. The minimum absolute atomic E-state index is 0.469. The van der Waals surface area contributed by atoms with Crippen LogP contribution in [0.4, 0.5) is 0 Å². The van der Waals surface area contributed by atoms with Crippen molar-refractivity contribution in [2.45, 2.75) is 25.9 Å². The number of hydrogen-bond acceptors (Lipinski definition) is 2. The van der Waals surface area contributed by atoms with Gasteiger partial charge in [0, 0.05) is 18.0 Å². The van der Waals surface area contributed by atoms with E-state index >= 15 is 0 Å². The van der Waals surface area contributed by atoms with Crippen LogP contribution >= 0.6 is 0 Å². The Bertz CT molecular complexity index is 560. The summed E-state index contributed by atoms with van der Waals surface area (Å²) in [5.41, 5.74) is 1.86. The van der Waals surface area contributed by atoms with E-state index in [4.69, 9.17) is 0 Å². The number of fused-ring (bicyclic) bond motifs is 1. The largest absolute Gasteiger partial charge is 0.388 e. The van der Waals surface area contributed by atoms with Gasteiger partial charge in [0.2, 0.25) is 0 Å². The molecule has 0 spiro atoms. The fourth-order valence-corrected chi connectivity index (χ4v) is 1.90. The van der Waals surface area contributed by atoms with Crippen molar-refractivity contribution in [3.05, 3.63) is 42.1 Å². The first-order valence-corrected chi connectivity index (χ1v) is 5.74. The van der Waals surface area contributed by atoms with Crippen molar-refractivity contribution in [1.82, 2.24) is 4.98 Å². The highest BCUT2D eigenvalue weighted by atomic mass is 16.3. The topological polar surface area (TPSA) is 33.1 Å². The molecule has 1 aromatic carbocycles. The van der Waals surface area contributed by atoms with E-state index in [1.165, 1.54) is 0 Å². The first kappa shape index (κ1) is 11.6. The van der Waals surface area contributed by atoms with Gasteiger partial charge in [-0.1, -0.05) is 18.2 Å². The summed E-state index contributed by atoms with van der Waals surface area (Å²) < 4.78 is 0. The van der Waals surface area contributed by atoms with Crippen LogP contribution in [0, 0.1) is 11.8 Å². The van der Waals surface area contributed by atoms with Crippen molar-refractivity contribution in [2.75, 3.05) is 0 Å². The van der Waals surface area contributed by atoms with Gasteiger partial charge in [-0.3, -0.25) is 4.98 Å². The van der Waals surface area contributed by atoms with Crippen LogP contribution in [0.5, 0.6) is 0 Å². The van der Waals surface area contributed by atoms with Gasteiger partial charge >= 0.3 is 0 Å². The number of pyridine rings is 1. The normalized spacial score (nSPS) is 11.9. The lowest BCUT2D eigenvalue weighted by Crippen LogP contribution is -1.98. The molecule has 2 rings (SSSR count). The lowest BCUT2D eigenvalue weighted by Gasteiger charge is -2.11. The fraction of sp³-hybridized carbons (Fsp3) is 0.267. The van der Waals surface area contributed by atoms with Gasteiger partial charge in [-0.15, -0.1) is 11.8 Å². The Morgan fingerprint density at radius 2 is 2.12 bits per heavy atom. The molecule has 1 unspecified atom stereocenters. The average molecular weight is 225 g/mol. The van der Waals surface area contributed by atoms with Crippen LogP contribution in [0.3, 0.4) is 0 Å². The molecule has 0 amide bonds. The molecule has 86 valence electrons. The summed E-state index contributed by atoms with van der Waals surface area (Å²) >= 11 is 0. The van der Waals surface area contributed by atoms with Crippen LogP contribution in [-0.4, -0.2) is 10.1 Å². The third kappa shape index (κ3) is 2.64. The number of hydrogen-bond donors (Lipinski definition) is 1. The smallest absolute Gasteiger partial charge is 0.0806 e. The molecule has 1 heterocycles. The van der Waals surface area contributed by atoms with Gasteiger partial charge < -0.3 is 5.11 Å². The highest BCUT2D eigenvalue weighted by Gasteiger charge is 2.10. The number of aromatic nitrogens is 1. The van der Waals surface area contributed by atoms with E-state index in [9.17, 15) is 5.11 Å². The van der Waals surface area contributed by atoms with Crippen LogP contribution in [-0.2, 0) is 0 Å². The molecule has 1 N–H and O–H groups in total. The van der Waals surface area contributed by atoms with Crippen molar-refractivity contribution < 1.29 is 5.11 Å². The summed E-state index contributed by atoms with van der Waals surface area (Å²) in [5, 5.41) is 11.2. The highest BCUT2D eigenvalue weighted by Crippen LogP contribution is 2.25. The zero-order valence-electron chi connectivity index (χ0n) is 9.85. The maximum Gasteiger partial charge on any atom is 0.0806 e. The van der Waals surface area contributed by atoms with Gasteiger partial charge in [0.25, 0.3) is 0 Å². The predicted octanol–water partition coefficient (Wildman–Crippen LogP) is 3.07. The predicted molar refractivity (Wildman–Crippen MR) is 69.4 cm³/mol. The van der Waals surface area contributed by atoms with Gasteiger partial charge in [0.15, 0.2) is 0 Å². The molecule has 1 aromatic heterocycles. The van der Waals surface area contributed by atoms with E-state index in [2.05, 4.69) is 16.8 Å². The van der Waals surface area contributed by atoms with E-state index in [1.807, 2.05) is 37.3 Å². The third-order valence-corrected chi connectivity index (χ3v) is 2.76. The number of aliphatic hydroxyl groups is 1. The molecular formula is C15H15NO. The first-order valence-electron chi connectivity index (χ1n) is 5.74. The van der Waals surface area contributed by atoms with Gasteiger partial charge in [0.1, 0.15) is 0 Å². The van der Waals surface area contributed by atoms with Crippen LogP contribution in [0.2, 0.25) is 0 Å². The zero-order chi connectivity index (χ0) is 12.1. The van der Waals surface area contributed by atoms with E-state index in [0.717, 1.165) is 16.5 Å². The molecule has 1 atom stereocenters. The van der Waals surface area contributed by atoms with Gasteiger partial charge in [-0.25, -0.2) is 0 Å². The van der Waals surface area contributed by atoms with E-state index in [0.29, 0.717) is 12.8 Å². The monoisotopic (exact) mass is 225 g/mol. The summed E-state index contributed by atoms with van der Waals surface area (Å²) in [7, 11) is 0. The minimum Gasteiger partial charge on any atom is -0.388 e. The average Bonchev–Trinajstić information content (AvgIpc) is 2.38. The van der Waals surface area contributed by atoms with E-state index in [1.54, 1.807) is 6.20 Å². The molecule has 0 saturated heterocycles. The maximum absolute atomic E-state index is 10.1. The van der Waals surface area contributed by atoms with Crippen molar-refractivity contribution in [1.29, 1.82) is 0 Å². The SMILES string of the molecule is CC#CCCC(O)c1ccnc2ccccc12. The molecular weight excluding hydrogens is 210 g/mol. The Kier molecular flexibility index (Phi) is 3.74. The van der Waals surface area contributed by atoms with Crippen LogP contribution in [0.15, 0.2) is 36.5 Å². The summed E-state index contributed by atoms with van der Waals surface area (Å²) in [6.07, 6.45) is 2.65. The molecule has 0 bridgehead atoms. The summed E-state index contributed by atoms with van der Waals surface area (Å²) in [6, 6.07) is 9.75. The van der Waals surface area contributed by atoms with Crippen LogP contribution in [0.1, 0.15) is 31.4 Å². The number of benzene rings is 1. The van der Waals surface area contributed by atoms with E-state index < -0.39 is 6.10 Å². The number of aliphatic hydroxyl groups excluding tert-OH is 1. The number of nitrogens with zero attached hydrogens (tertiary/aromatic N) is 1. The molecule has 0 fully saturated rings. The molecule has 0 saturated carbocycles. The Balaban J connectivity index is 2.30. The molecule has 17 heavy (non-hydrogen) atoms. The highest BCUT2D eigenvalue weighted by molar-refractivity contribution is 5.82. The second-order valence-corrected chi connectivity index (χ2v) is 3.90. The number of rotatable bonds is 3. The van der Waals surface area contributed by atoms with Gasteiger partial charge in [-0.05, 0) is 31.0 Å². The number of para-hydroxylation sites is 1. The molecule has 2 aromatic rings. The van der Waals surface area contributed by atoms with Gasteiger partial charge in [0.05, 0.1) is 11.6 Å². The lowest BCUT2D eigenvalue weighted by molar-refractivity contribution is 0.171. The Morgan fingerprint density at radius 1 is 1.29 bits per heavy atom. The van der Waals surface area contributed by atoms with Gasteiger partial charge in [-0.2, -0.15) is 0 Å². The van der Waals surface area contributed by atoms with Crippen molar-refractivity contribution in [3.8, 4) is 11.8 Å². The summed E-state index contributed by atoms with van der Waals surface area (Å²) in [4.78, 5) is 4.28. The molecule has 0 aliphatic heterocycles. The molecule has 0 aliphatic carbocycles. The second kappa shape index (κ2) is 5.47. The van der Waals surface area contributed by atoms with Crippen LogP contribution in [0.25, 0.3) is 10.9 Å². The maximum atomic E-state index is 10.1. The summed E-state index contributed by atoms with van der Waals surface area (Å²) in [6.45, 7) is 1.81. The lowest BCUT2D eigenvalue weighted by atomic mass is 10.0. The van der Waals surface area contributed by atoms with Crippen molar-refractivity contribution in [2.24, 2.45) is 0 Å². The second-order valence-electron chi connectivity index (χ2n) is 3.90. The summed E-state index contributed by atoms with van der Waals surface area (Å²) in [5.74, 6) is 5.81. The quantitative estimate of drug-likeness (QED) is 0.814. The standard InChI is InChI=1S/C15H15NO/c1-2-3-4-9-15(17)13-10-11-16-14-8-6-5-7-12(13)14/h5-8,10-11,15,17H,4,9H2,1H3.